The quantitative estimate of drug-likeness (QED) is 0.345. The Morgan fingerprint density at radius 1 is 1.11 bits per heavy atom. The van der Waals surface area contributed by atoms with Crippen molar-refractivity contribution in [2.45, 2.75) is 19.9 Å². The highest BCUT2D eigenvalue weighted by Crippen LogP contribution is 2.40. The number of imidazole rings is 1. The number of ketones is 1. The summed E-state index contributed by atoms with van der Waals surface area (Å²) in [5, 5.41) is 11.5. The number of aliphatic hydroxyl groups is 1. The van der Waals surface area contributed by atoms with Gasteiger partial charge in [-0.2, -0.15) is 0 Å². The zero-order chi connectivity index (χ0) is 24.7. The zero-order valence-electron chi connectivity index (χ0n) is 19.7. The van der Waals surface area contributed by atoms with E-state index in [0.717, 1.165) is 18.7 Å². The topological polar surface area (TPSA) is 87.4 Å². The number of aliphatic hydroxyl groups excluding tert-OH is 1. The number of carbonyl (C=O) groups excluding carboxylic acids is 2. The molecule has 1 atom stereocenters. The average Bonchev–Trinajstić information content (AvgIpc) is 3.33. The van der Waals surface area contributed by atoms with Crippen molar-refractivity contribution in [2.24, 2.45) is 0 Å². The van der Waals surface area contributed by atoms with Gasteiger partial charge in [0.1, 0.15) is 17.2 Å². The van der Waals surface area contributed by atoms with Crippen LogP contribution in [0, 0.1) is 19.7 Å². The number of aryl methyl sites for hydroxylation is 2. The molecule has 4 heterocycles. The smallest absolute Gasteiger partial charge is 0.295 e. The van der Waals surface area contributed by atoms with Crippen LogP contribution in [0.3, 0.4) is 0 Å². The molecule has 2 saturated heterocycles. The maximum atomic E-state index is 13.7. The molecule has 5 rings (SSSR count). The normalized spacial score (nSPS) is 20.8. The number of carbonyl (C=O) groups is 2. The van der Waals surface area contributed by atoms with Gasteiger partial charge in [0.15, 0.2) is 5.76 Å². The third-order valence-electron chi connectivity index (χ3n) is 6.73. The molecule has 1 N–H and O–H groups in total. The van der Waals surface area contributed by atoms with Crippen LogP contribution in [0.5, 0.6) is 0 Å². The monoisotopic (exact) mass is 478 g/mol. The number of hydrogen-bond donors (Lipinski definition) is 1. The zero-order valence-corrected chi connectivity index (χ0v) is 19.7. The Bertz CT molecular complexity index is 1330. The number of Topliss-reactive ketones (excluding diaryl/α,β-unsaturated/α-hetero) is 1. The van der Waals surface area contributed by atoms with Gasteiger partial charge in [0.05, 0.1) is 30.5 Å². The molecule has 0 radical (unpaired) electrons. The Morgan fingerprint density at radius 2 is 1.83 bits per heavy atom. The van der Waals surface area contributed by atoms with Crippen molar-refractivity contribution in [3.63, 3.8) is 0 Å². The minimum Gasteiger partial charge on any atom is -0.505 e. The van der Waals surface area contributed by atoms with Crippen LogP contribution in [-0.2, 0) is 14.3 Å². The van der Waals surface area contributed by atoms with Gasteiger partial charge in [-0.3, -0.25) is 18.9 Å². The lowest BCUT2D eigenvalue weighted by molar-refractivity contribution is -0.140. The molecular weight excluding hydrogens is 451 g/mol. The third kappa shape index (κ3) is 4.11. The van der Waals surface area contributed by atoms with Gasteiger partial charge in [-0.25, -0.2) is 9.37 Å². The van der Waals surface area contributed by atoms with Gasteiger partial charge in [-0.1, -0.05) is 18.2 Å². The molecule has 2 aliphatic rings. The van der Waals surface area contributed by atoms with Crippen molar-refractivity contribution in [2.75, 3.05) is 39.4 Å². The molecule has 0 unspecified atom stereocenters. The minimum absolute atomic E-state index is 0.0185. The number of ether oxygens (including phenoxy) is 1. The fraction of sp³-hybridized carbons (Fsp3) is 0.346. The van der Waals surface area contributed by atoms with Crippen molar-refractivity contribution >= 4 is 23.1 Å². The van der Waals surface area contributed by atoms with E-state index in [0.29, 0.717) is 42.4 Å². The second-order valence-electron chi connectivity index (χ2n) is 8.93. The van der Waals surface area contributed by atoms with Gasteiger partial charge >= 0.3 is 0 Å². The van der Waals surface area contributed by atoms with E-state index >= 15 is 0 Å². The molecule has 9 heteroatoms. The summed E-state index contributed by atoms with van der Waals surface area (Å²) in [4.78, 5) is 34.7. The van der Waals surface area contributed by atoms with Crippen molar-refractivity contribution < 1.29 is 23.8 Å². The molecule has 35 heavy (non-hydrogen) atoms. The van der Waals surface area contributed by atoms with Gasteiger partial charge < -0.3 is 14.7 Å². The Kier molecular flexibility index (Phi) is 6.12. The van der Waals surface area contributed by atoms with E-state index in [-0.39, 0.29) is 17.9 Å². The predicted molar refractivity (Wildman–Crippen MR) is 127 cm³/mol. The lowest BCUT2D eigenvalue weighted by Crippen LogP contribution is -2.42. The standard InChI is InChI=1S/C26H27FN4O4/c1-16-4-3-9-30-21(17(2)28-25(16)30)23(32)20-22(18-5-7-19(27)8-6-18)31(26(34)24(20)33)11-10-29-12-14-35-15-13-29/h3-9,22,32H,10-15H2,1-2H3/b23-20+/t22-/m1/s1. The molecule has 2 aromatic heterocycles. The summed E-state index contributed by atoms with van der Waals surface area (Å²) in [7, 11) is 0. The highest BCUT2D eigenvalue weighted by molar-refractivity contribution is 6.46. The van der Waals surface area contributed by atoms with Crippen molar-refractivity contribution in [1.82, 2.24) is 19.2 Å². The predicted octanol–water partition coefficient (Wildman–Crippen LogP) is 2.84. The van der Waals surface area contributed by atoms with Crippen LogP contribution in [0.15, 0.2) is 48.2 Å². The number of nitrogens with zero attached hydrogens (tertiary/aromatic N) is 4. The third-order valence-corrected chi connectivity index (χ3v) is 6.73. The van der Waals surface area contributed by atoms with E-state index in [1.54, 1.807) is 29.7 Å². The summed E-state index contributed by atoms with van der Waals surface area (Å²) in [5.41, 5.74) is 3.00. The van der Waals surface area contributed by atoms with Gasteiger partial charge in [0.2, 0.25) is 0 Å². The Balaban J connectivity index is 1.62. The Labute approximate surface area is 202 Å². The summed E-state index contributed by atoms with van der Waals surface area (Å²) in [6.45, 7) is 7.23. The molecule has 1 amide bonds. The van der Waals surface area contributed by atoms with Gasteiger partial charge in [-0.05, 0) is 43.2 Å². The van der Waals surface area contributed by atoms with Gasteiger partial charge in [0, 0.05) is 32.4 Å². The van der Waals surface area contributed by atoms with E-state index in [1.165, 1.54) is 17.0 Å². The summed E-state index contributed by atoms with van der Waals surface area (Å²) in [5.74, 6) is -2.16. The number of morpholine rings is 1. The SMILES string of the molecule is Cc1nc2c(C)cccn2c1/C(O)=C1\C(=O)C(=O)N(CCN2CCOCC2)[C@@H]1c1ccc(F)cc1. The number of amides is 1. The summed E-state index contributed by atoms with van der Waals surface area (Å²) in [6, 6.07) is 8.58. The first kappa shape index (κ1) is 23.2. The molecule has 1 aromatic carbocycles. The highest BCUT2D eigenvalue weighted by Gasteiger charge is 2.46. The largest absolute Gasteiger partial charge is 0.505 e. The molecule has 0 bridgehead atoms. The molecule has 8 nitrogen and oxygen atoms in total. The molecule has 0 aliphatic carbocycles. The number of fused-ring (bicyclic) bond motifs is 1. The van der Waals surface area contributed by atoms with Crippen LogP contribution in [0.2, 0.25) is 0 Å². The van der Waals surface area contributed by atoms with Gasteiger partial charge in [0.25, 0.3) is 11.7 Å². The van der Waals surface area contributed by atoms with Crippen LogP contribution in [0.1, 0.15) is 28.6 Å². The molecular formula is C26H27FN4O4. The number of halogens is 1. The van der Waals surface area contributed by atoms with Crippen LogP contribution >= 0.6 is 0 Å². The molecule has 2 fully saturated rings. The maximum absolute atomic E-state index is 13.7. The summed E-state index contributed by atoms with van der Waals surface area (Å²) in [6.07, 6.45) is 1.76. The molecule has 0 spiro atoms. The van der Waals surface area contributed by atoms with Crippen LogP contribution in [-0.4, -0.2) is 75.4 Å². The average molecular weight is 479 g/mol. The Hall–Kier alpha value is -3.56. The highest BCUT2D eigenvalue weighted by atomic mass is 19.1. The summed E-state index contributed by atoms with van der Waals surface area (Å²) < 4.78 is 20.8. The fourth-order valence-electron chi connectivity index (χ4n) is 4.91. The second kappa shape index (κ2) is 9.24. The number of pyridine rings is 1. The van der Waals surface area contributed by atoms with Crippen molar-refractivity contribution in [3.05, 3.63) is 76.5 Å². The number of aromatic nitrogens is 2. The lowest BCUT2D eigenvalue weighted by Gasteiger charge is -2.31. The van der Waals surface area contributed by atoms with E-state index in [9.17, 15) is 19.1 Å². The van der Waals surface area contributed by atoms with Crippen LogP contribution in [0.4, 0.5) is 4.39 Å². The number of rotatable bonds is 5. The van der Waals surface area contributed by atoms with E-state index in [4.69, 9.17) is 4.74 Å². The summed E-state index contributed by atoms with van der Waals surface area (Å²) >= 11 is 0. The van der Waals surface area contributed by atoms with Crippen molar-refractivity contribution in [3.8, 4) is 0 Å². The van der Waals surface area contributed by atoms with Crippen molar-refractivity contribution in [1.29, 1.82) is 0 Å². The first-order chi connectivity index (χ1) is 16.9. The van der Waals surface area contributed by atoms with Gasteiger partial charge in [-0.15, -0.1) is 0 Å². The van der Waals surface area contributed by atoms with E-state index in [2.05, 4.69) is 9.88 Å². The molecule has 2 aliphatic heterocycles. The second-order valence-corrected chi connectivity index (χ2v) is 8.93. The molecule has 182 valence electrons. The Morgan fingerprint density at radius 3 is 2.54 bits per heavy atom. The first-order valence-electron chi connectivity index (χ1n) is 11.7. The van der Waals surface area contributed by atoms with E-state index in [1.807, 2.05) is 19.1 Å². The maximum Gasteiger partial charge on any atom is 0.295 e. The fourth-order valence-corrected chi connectivity index (χ4v) is 4.91. The molecule has 0 saturated carbocycles. The molecule has 3 aromatic rings. The van der Waals surface area contributed by atoms with E-state index < -0.39 is 23.5 Å². The number of likely N-dealkylation sites (tertiary alicyclic amines) is 1. The first-order valence-corrected chi connectivity index (χ1v) is 11.7. The number of hydrogen-bond acceptors (Lipinski definition) is 6. The van der Waals surface area contributed by atoms with Crippen LogP contribution in [0.25, 0.3) is 11.4 Å². The minimum atomic E-state index is -0.841. The van der Waals surface area contributed by atoms with Crippen LogP contribution < -0.4 is 0 Å². The number of benzene rings is 1. The lowest BCUT2D eigenvalue weighted by atomic mass is 9.96.